The summed E-state index contributed by atoms with van der Waals surface area (Å²) in [6, 6.07) is 2.29. The minimum Gasteiger partial charge on any atom is -0.367 e. The smallest absolute Gasteiger partial charge is 0.150 e. The van der Waals surface area contributed by atoms with E-state index in [1.54, 1.807) is 11.9 Å². The number of carbonyl (C=O) groups is 1. The number of nitrogens with zero attached hydrogens (tertiary/aromatic N) is 2. The molecule has 1 heterocycles. The molecule has 0 aliphatic carbocycles. The number of benzene rings is 1. The lowest BCUT2D eigenvalue weighted by Gasteiger charge is -2.36. The molecular formula is C14H18F2N2O. The van der Waals surface area contributed by atoms with E-state index < -0.39 is 11.6 Å². The summed E-state index contributed by atoms with van der Waals surface area (Å²) in [4.78, 5) is 14.4. The zero-order valence-electron chi connectivity index (χ0n) is 11.2. The number of hydrogen-bond donors (Lipinski definition) is 0. The normalized spacial score (nSPS) is 17.5. The highest BCUT2D eigenvalue weighted by Gasteiger charge is 2.25. The largest absolute Gasteiger partial charge is 0.367 e. The number of anilines is 1. The zero-order chi connectivity index (χ0) is 14.0. The first-order valence-electron chi connectivity index (χ1n) is 6.38. The van der Waals surface area contributed by atoms with Crippen LogP contribution in [0.4, 0.5) is 14.5 Å². The van der Waals surface area contributed by atoms with Crippen molar-refractivity contribution in [3.63, 3.8) is 0 Å². The number of piperidine rings is 1. The molecule has 19 heavy (non-hydrogen) atoms. The molecule has 0 aromatic heterocycles. The van der Waals surface area contributed by atoms with Gasteiger partial charge in [-0.3, -0.25) is 4.79 Å². The molecule has 0 bridgehead atoms. The molecule has 1 saturated heterocycles. The third-order valence-corrected chi connectivity index (χ3v) is 3.76. The molecule has 0 spiro atoms. The summed E-state index contributed by atoms with van der Waals surface area (Å²) in [7, 11) is 3.74. The van der Waals surface area contributed by atoms with Crippen molar-refractivity contribution in [2.45, 2.75) is 18.9 Å². The summed E-state index contributed by atoms with van der Waals surface area (Å²) in [6.07, 6.45) is 2.20. The maximum Gasteiger partial charge on any atom is 0.150 e. The molecule has 104 valence electrons. The van der Waals surface area contributed by atoms with Crippen molar-refractivity contribution in [2.24, 2.45) is 0 Å². The van der Waals surface area contributed by atoms with Gasteiger partial charge >= 0.3 is 0 Å². The molecule has 0 amide bonds. The summed E-state index contributed by atoms with van der Waals surface area (Å²) in [6.45, 7) is 1.84. The second-order valence-corrected chi connectivity index (χ2v) is 5.10. The predicted molar refractivity (Wildman–Crippen MR) is 70.7 cm³/mol. The number of halogens is 2. The fourth-order valence-corrected chi connectivity index (χ4v) is 2.55. The second kappa shape index (κ2) is 5.65. The van der Waals surface area contributed by atoms with Crippen LogP contribution in [0.2, 0.25) is 0 Å². The van der Waals surface area contributed by atoms with Crippen molar-refractivity contribution >= 4 is 12.0 Å². The molecule has 0 N–H and O–H groups in total. The fourth-order valence-electron chi connectivity index (χ4n) is 2.55. The highest BCUT2D eigenvalue weighted by Crippen LogP contribution is 2.28. The van der Waals surface area contributed by atoms with Gasteiger partial charge in [0.25, 0.3) is 0 Å². The van der Waals surface area contributed by atoms with E-state index in [1.165, 1.54) is 0 Å². The molecule has 2 rings (SSSR count). The average molecular weight is 268 g/mol. The van der Waals surface area contributed by atoms with Crippen LogP contribution in [0.15, 0.2) is 12.1 Å². The van der Waals surface area contributed by atoms with Crippen LogP contribution < -0.4 is 4.90 Å². The summed E-state index contributed by atoms with van der Waals surface area (Å²) in [5.41, 5.74) is -0.0179. The van der Waals surface area contributed by atoms with Crippen LogP contribution in [0.5, 0.6) is 0 Å². The van der Waals surface area contributed by atoms with Crippen LogP contribution >= 0.6 is 0 Å². The monoisotopic (exact) mass is 268 g/mol. The van der Waals surface area contributed by atoms with Gasteiger partial charge in [-0.1, -0.05) is 0 Å². The zero-order valence-corrected chi connectivity index (χ0v) is 11.2. The number of hydrogen-bond acceptors (Lipinski definition) is 3. The summed E-state index contributed by atoms with van der Waals surface area (Å²) in [5, 5.41) is 0. The molecule has 0 radical (unpaired) electrons. The van der Waals surface area contributed by atoms with E-state index in [-0.39, 0.29) is 17.3 Å². The Hall–Kier alpha value is -1.49. The van der Waals surface area contributed by atoms with Crippen molar-refractivity contribution in [1.82, 2.24) is 4.90 Å². The molecule has 1 aliphatic rings. The Morgan fingerprint density at radius 3 is 2.26 bits per heavy atom. The van der Waals surface area contributed by atoms with Crippen LogP contribution in [-0.4, -0.2) is 44.4 Å². The topological polar surface area (TPSA) is 23.6 Å². The van der Waals surface area contributed by atoms with Crippen molar-refractivity contribution in [1.29, 1.82) is 0 Å². The SMILES string of the molecule is CN1CCC(N(C)c2c(F)cc(C=O)cc2F)CC1. The second-order valence-electron chi connectivity index (χ2n) is 5.10. The fraction of sp³-hybridized carbons (Fsp3) is 0.500. The van der Waals surface area contributed by atoms with Gasteiger partial charge in [0.2, 0.25) is 0 Å². The summed E-state index contributed by atoms with van der Waals surface area (Å²) < 4.78 is 27.9. The summed E-state index contributed by atoms with van der Waals surface area (Å²) in [5.74, 6) is -1.35. The Balaban J connectivity index is 2.23. The summed E-state index contributed by atoms with van der Waals surface area (Å²) >= 11 is 0. The van der Waals surface area contributed by atoms with Gasteiger partial charge in [0, 0.05) is 18.7 Å². The molecule has 3 nitrogen and oxygen atoms in total. The first-order valence-corrected chi connectivity index (χ1v) is 6.38. The number of rotatable bonds is 3. The third kappa shape index (κ3) is 2.92. The molecule has 1 fully saturated rings. The lowest BCUT2D eigenvalue weighted by Crippen LogP contribution is -2.42. The van der Waals surface area contributed by atoms with Crippen LogP contribution in [0.3, 0.4) is 0 Å². The lowest BCUT2D eigenvalue weighted by molar-refractivity contribution is 0.112. The quantitative estimate of drug-likeness (QED) is 0.786. The van der Waals surface area contributed by atoms with Crippen LogP contribution in [0, 0.1) is 11.6 Å². The van der Waals surface area contributed by atoms with E-state index >= 15 is 0 Å². The molecule has 0 atom stereocenters. The molecule has 1 aromatic carbocycles. The van der Waals surface area contributed by atoms with E-state index in [9.17, 15) is 13.6 Å². The molecule has 1 aromatic rings. The van der Waals surface area contributed by atoms with Gasteiger partial charge in [-0.25, -0.2) is 8.78 Å². The minimum atomic E-state index is -0.677. The Morgan fingerprint density at radius 1 is 1.26 bits per heavy atom. The van der Waals surface area contributed by atoms with Crippen molar-refractivity contribution in [3.05, 3.63) is 29.3 Å². The number of aldehydes is 1. The van der Waals surface area contributed by atoms with Crippen LogP contribution in [0.1, 0.15) is 23.2 Å². The van der Waals surface area contributed by atoms with E-state index in [1.807, 2.05) is 7.05 Å². The molecule has 0 saturated carbocycles. The molecule has 1 aliphatic heterocycles. The van der Waals surface area contributed by atoms with Gasteiger partial charge in [-0.15, -0.1) is 0 Å². The van der Waals surface area contributed by atoms with E-state index in [0.717, 1.165) is 38.1 Å². The van der Waals surface area contributed by atoms with E-state index in [2.05, 4.69) is 4.90 Å². The number of likely N-dealkylation sites (tertiary alicyclic amines) is 1. The first-order chi connectivity index (χ1) is 9.02. The van der Waals surface area contributed by atoms with Gasteiger partial charge in [-0.05, 0) is 45.1 Å². The lowest BCUT2D eigenvalue weighted by atomic mass is 10.0. The average Bonchev–Trinajstić information content (AvgIpc) is 2.38. The molecular weight excluding hydrogens is 250 g/mol. The molecule has 5 heteroatoms. The van der Waals surface area contributed by atoms with E-state index in [0.29, 0.717) is 6.29 Å². The van der Waals surface area contributed by atoms with Gasteiger partial charge < -0.3 is 9.80 Å². The Labute approximate surface area is 111 Å². The first kappa shape index (κ1) is 13.9. The van der Waals surface area contributed by atoms with Crippen LogP contribution in [-0.2, 0) is 0 Å². The van der Waals surface area contributed by atoms with Crippen LogP contribution in [0.25, 0.3) is 0 Å². The Kier molecular flexibility index (Phi) is 4.14. The third-order valence-electron chi connectivity index (χ3n) is 3.76. The number of carbonyl (C=O) groups excluding carboxylic acids is 1. The van der Waals surface area contributed by atoms with Crippen molar-refractivity contribution in [2.75, 3.05) is 32.1 Å². The highest BCUT2D eigenvalue weighted by atomic mass is 19.1. The maximum atomic E-state index is 13.9. The standard InChI is InChI=1S/C14H18F2N2O/c1-17-5-3-11(4-6-17)18(2)14-12(15)7-10(9-19)8-13(14)16/h7-9,11H,3-6H2,1-2H3. The Morgan fingerprint density at radius 2 is 1.79 bits per heavy atom. The van der Waals surface area contributed by atoms with Crippen molar-refractivity contribution < 1.29 is 13.6 Å². The highest BCUT2D eigenvalue weighted by molar-refractivity contribution is 5.76. The van der Waals surface area contributed by atoms with Crippen molar-refractivity contribution in [3.8, 4) is 0 Å². The minimum absolute atomic E-state index is 0.0236. The van der Waals surface area contributed by atoms with E-state index in [4.69, 9.17) is 0 Å². The van der Waals surface area contributed by atoms with Gasteiger partial charge in [-0.2, -0.15) is 0 Å². The maximum absolute atomic E-state index is 13.9. The van der Waals surface area contributed by atoms with Gasteiger partial charge in [0.1, 0.15) is 23.6 Å². The molecule has 0 unspecified atom stereocenters. The van der Waals surface area contributed by atoms with Gasteiger partial charge in [0.05, 0.1) is 0 Å². The predicted octanol–water partition coefficient (Wildman–Crippen LogP) is 2.31. The van der Waals surface area contributed by atoms with Gasteiger partial charge in [0.15, 0.2) is 0 Å². The Bertz CT molecular complexity index is 448.